The van der Waals surface area contributed by atoms with Gasteiger partial charge in [-0.2, -0.15) is 5.26 Å². The van der Waals surface area contributed by atoms with Crippen LogP contribution in [0.1, 0.15) is 40.2 Å². The lowest BCUT2D eigenvalue weighted by Gasteiger charge is -2.40. The van der Waals surface area contributed by atoms with Crippen LogP contribution in [0.4, 0.5) is 0 Å². The summed E-state index contributed by atoms with van der Waals surface area (Å²) in [5.74, 6) is -0.00760. The average Bonchev–Trinajstić information content (AvgIpc) is 3.22. The summed E-state index contributed by atoms with van der Waals surface area (Å²) in [7, 11) is 0. The molecule has 1 saturated carbocycles. The molecular weight excluding hydrogens is 350 g/mol. The second-order valence-corrected chi connectivity index (χ2v) is 7.59. The molecule has 0 radical (unpaired) electrons. The van der Waals surface area contributed by atoms with Gasteiger partial charge in [0.25, 0.3) is 0 Å². The van der Waals surface area contributed by atoms with E-state index in [9.17, 15) is 9.90 Å². The normalized spacial score (nSPS) is 24.3. The van der Waals surface area contributed by atoms with Crippen LogP contribution in [0.15, 0.2) is 24.3 Å². The van der Waals surface area contributed by atoms with Gasteiger partial charge in [0, 0.05) is 29.2 Å². The van der Waals surface area contributed by atoms with Crippen molar-refractivity contribution in [3.8, 4) is 11.8 Å². The number of aliphatic hydroxyl groups is 1. The van der Waals surface area contributed by atoms with Crippen molar-refractivity contribution in [2.24, 2.45) is 0 Å². The Kier molecular flexibility index (Phi) is 4.15. The van der Waals surface area contributed by atoms with Crippen LogP contribution < -0.4 is 0 Å². The smallest absolute Gasteiger partial charge is 0.180 e. The number of halogens is 1. The maximum atomic E-state index is 12.9. The van der Waals surface area contributed by atoms with Crippen LogP contribution in [0, 0.1) is 25.2 Å². The third-order valence-electron chi connectivity index (χ3n) is 5.80. The maximum absolute atomic E-state index is 12.9. The molecule has 0 spiro atoms. The largest absolute Gasteiger partial charge is 0.391 e. The van der Waals surface area contributed by atoms with E-state index in [1.54, 1.807) is 12.1 Å². The number of hydrogen-bond acceptors (Lipinski definition) is 4. The van der Waals surface area contributed by atoms with E-state index >= 15 is 0 Å². The van der Waals surface area contributed by atoms with Crippen molar-refractivity contribution in [3.63, 3.8) is 0 Å². The van der Waals surface area contributed by atoms with Gasteiger partial charge in [-0.05, 0) is 51.0 Å². The van der Waals surface area contributed by atoms with Crippen molar-refractivity contribution in [2.75, 3.05) is 6.54 Å². The van der Waals surface area contributed by atoms with Gasteiger partial charge in [0.05, 0.1) is 34.9 Å². The number of ketones is 1. The molecule has 5 nitrogen and oxygen atoms in total. The predicted molar refractivity (Wildman–Crippen MR) is 98.8 cm³/mol. The van der Waals surface area contributed by atoms with E-state index < -0.39 is 0 Å². The number of hydrogen-bond donors (Lipinski definition) is 1. The summed E-state index contributed by atoms with van der Waals surface area (Å²) < 4.78 is 1.95. The number of carbonyl (C=O) groups excluding carboxylic acids is 1. The van der Waals surface area contributed by atoms with E-state index in [0.29, 0.717) is 28.7 Å². The number of nitriles is 1. The number of rotatable bonds is 4. The van der Waals surface area contributed by atoms with Crippen molar-refractivity contribution >= 4 is 17.4 Å². The molecule has 134 valence electrons. The quantitative estimate of drug-likeness (QED) is 0.841. The Morgan fingerprint density at radius 2 is 1.96 bits per heavy atom. The molecule has 2 aliphatic heterocycles. The highest BCUT2D eigenvalue weighted by Crippen LogP contribution is 2.41. The molecule has 0 amide bonds. The van der Waals surface area contributed by atoms with Crippen LogP contribution in [-0.2, 0) is 0 Å². The zero-order chi connectivity index (χ0) is 18.6. The Labute approximate surface area is 157 Å². The van der Waals surface area contributed by atoms with Crippen molar-refractivity contribution in [2.45, 2.75) is 44.9 Å². The van der Waals surface area contributed by atoms with Crippen LogP contribution in [0.5, 0.6) is 0 Å². The third-order valence-corrected chi connectivity index (χ3v) is 6.26. The molecule has 2 aromatic rings. The molecule has 1 aliphatic carbocycles. The highest BCUT2D eigenvalue weighted by molar-refractivity contribution is 6.35. The van der Waals surface area contributed by atoms with E-state index in [1.165, 1.54) is 0 Å². The monoisotopic (exact) mass is 369 g/mol. The zero-order valence-corrected chi connectivity index (χ0v) is 15.5. The summed E-state index contributed by atoms with van der Waals surface area (Å²) in [6.07, 6.45) is 1.43. The standard InChI is InChI=1S/C20H20ClN3O2/c1-11-19(18(26)10-23-15-7-16(23)17(25)8-15)20(21)12(2)24(11)14-5-3-13(9-22)4-6-14/h3-6,15-17,25H,7-8,10H2,1-2H3/t15?,16?,17-/m0/s1. The molecule has 3 aliphatic rings. The Balaban J connectivity index is 1.65. The number of aromatic nitrogens is 1. The van der Waals surface area contributed by atoms with Crippen LogP contribution in [0.3, 0.4) is 0 Å². The first-order valence-corrected chi connectivity index (χ1v) is 9.15. The molecule has 26 heavy (non-hydrogen) atoms. The molecule has 2 unspecified atom stereocenters. The summed E-state index contributed by atoms with van der Waals surface area (Å²) >= 11 is 6.52. The van der Waals surface area contributed by atoms with Crippen LogP contribution in [0.2, 0.25) is 5.02 Å². The number of aliphatic hydroxyl groups excluding tert-OH is 1. The van der Waals surface area contributed by atoms with Gasteiger partial charge in [0.2, 0.25) is 0 Å². The topological polar surface area (TPSA) is 69.3 Å². The number of nitrogens with zero attached hydrogens (tertiary/aromatic N) is 3. The van der Waals surface area contributed by atoms with Crippen molar-refractivity contribution in [1.29, 1.82) is 5.26 Å². The van der Waals surface area contributed by atoms with E-state index in [-0.39, 0.29) is 17.9 Å². The lowest BCUT2D eigenvalue weighted by Crippen LogP contribution is -2.52. The third kappa shape index (κ3) is 2.49. The SMILES string of the molecule is Cc1c(Cl)c(C(=O)CN2C3CC2[C@@H](O)C3)c(C)n1-c1ccc(C#N)cc1. The number of fused-ring (bicyclic) bond motifs is 1. The van der Waals surface area contributed by atoms with Crippen LogP contribution in [0.25, 0.3) is 5.69 Å². The Bertz CT molecular complexity index is 926. The van der Waals surface area contributed by atoms with Gasteiger partial charge in [-0.3, -0.25) is 9.69 Å². The Hall–Kier alpha value is -2.13. The highest BCUT2D eigenvalue weighted by Gasteiger charge is 2.51. The first kappa shape index (κ1) is 17.3. The van der Waals surface area contributed by atoms with Crippen LogP contribution in [-0.4, -0.2) is 45.1 Å². The minimum Gasteiger partial charge on any atom is -0.391 e. The van der Waals surface area contributed by atoms with Crippen molar-refractivity contribution in [3.05, 3.63) is 51.8 Å². The van der Waals surface area contributed by atoms with Gasteiger partial charge in [-0.1, -0.05) is 11.6 Å². The van der Waals surface area contributed by atoms with Crippen molar-refractivity contribution in [1.82, 2.24) is 9.47 Å². The molecule has 6 heteroatoms. The van der Waals surface area contributed by atoms with Crippen molar-refractivity contribution < 1.29 is 9.90 Å². The molecular formula is C20H20ClN3O2. The van der Waals surface area contributed by atoms with E-state index in [2.05, 4.69) is 11.0 Å². The van der Waals surface area contributed by atoms with Gasteiger partial charge in [0.1, 0.15) is 0 Å². The first-order valence-electron chi connectivity index (χ1n) is 8.77. The summed E-state index contributed by atoms with van der Waals surface area (Å²) in [5.41, 5.74) is 3.62. The second-order valence-electron chi connectivity index (χ2n) is 7.21. The lowest BCUT2D eigenvalue weighted by molar-refractivity contribution is 0.0366. The summed E-state index contributed by atoms with van der Waals surface area (Å²) in [5, 5.41) is 19.4. The van der Waals surface area contributed by atoms with Gasteiger partial charge in [-0.15, -0.1) is 0 Å². The van der Waals surface area contributed by atoms with Gasteiger partial charge < -0.3 is 9.67 Å². The van der Waals surface area contributed by atoms with E-state index in [1.807, 2.05) is 30.5 Å². The molecule has 3 fully saturated rings. The summed E-state index contributed by atoms with van der Waals surface area (Å²) in [6.45, 7) is 4.08. The zero-order valence-electron chi connectivity index (χ0n) is 14.7. The lowest BCUT2D eigenvalue weighted by atomic mass is 10.0. The first-order chi connectivity index (χ1) is 12.4. The maximum Gasteiger partial charge on any atom is 0.180 e. The fourth-order valence-corrected chi connectivity index (χ4v) is 4.74. The van der Waals surface area contributed by atoms with Gasteiger partial charge in [-0.25, -0.2) is 0 Å². The fraction of sp³-hybridized carbons (Fsp3) is 0.400. The highest BCUT2D eigenvalue weighted by atomic mass is 35.5. The molecule has 1 N–H and O–H groups in total. The molecule has 3 atom stereocenters. The van der Waals surface area contributed by atoms with Gasteiger partial charge in [0.15, 0.2) is 5.78 Å². The predicted octanol–water partition coefficient (Wildman–Crippen LogP) is 3.01. The molecule has 1 aromatic heterocycles. The Morgan fingerprint density at radius 1 is 1.27 bits per heavy atom. The fourth-order valence-electron chi connectivity index (χ4n) is 4.42. The minimum atomic E-state index is -0.311. The van der Waals surface area contributed by atoms with Gasteiger partial charge >= 0.3 is 0 Å². The van der Waals surface area contributed by atoms with E-state index in [0.717, 1.165) is 29.9 Å². The molecule has 2 bridgehead atoms. The molecule has 3 heterocycles. The average molecular weight is 370 g/mol. The summed E-state index contributed by atoms with van der Waals surface area (Å²) in [6, 6.07) is 9.76. The minimum absolute atomic E-state index is 0.00760. The van der Waals surface area contributed by atoms with E-state index in [4.69, 9.17) is 16.9 Å². The number of Topliss-reactive ketones (excluding diaryl/α,β-unsaturated/α-hetero) is 1. The second kappa shape index (κ2) is 6.24. The Morgan fingerprint density at radius 3 is 2.50 bits per heavy atom. The molecule has 5 rings (SSSR count). The molecule has 1 aromatic carbocycles. The number of benzene rings is 1. The summed E-state index contributed by atoms with van der Waals surface area (Å²) in [4.78, 5) is 15.0. The number of carbonyl (C=O) groups is 1. The molecule has 2 saturated heterocycles. The van der Waals surface area contributed by atoms with Crippen LogP contribution >= 0.6 is 11.6 Å².